The first kappa shape index (κ1) is 19.0. The number of amides is 1. The number of hydrogen-bond donors (Lipinski definition) is 0. The maximum atomic E-state index is 12.4. The van der Waals surface area contributed by atoms with Crippen LogP contribution in [0.15, 0.2) is 47.8 Å². The van der Waals surface area contributed by atoms with Gasteiger partial charge in [-0.05, 0) is 30.7 Å². The van der Waals surface area contributed by atoms with Crippen LogP contribution >= 0.6 is 22.9 Å². The van der Waals surface area contributed by atoms with Gasteiger partial charge in [0, 0.05) is 23.1 Å². The molecule has 1 aliphatic rings. The summed E-state index contributed by atoms with van der Waals surface area (Å²) in [6.07, 6.45) is 3.21. The van der Waals surface area contributed by atoms with Crippen molar-refractivity contribution in [1.29, 1.82) is 0 Å². The predicted molar refractivity (Wildman–Crippen MR) is 115 cm³/mol. The first-order valence-corrected chi connectivity index (χ1v) is 10.7. The molecular weight excluding hydrogens is 392 g/mol. The molecule has 3 aromatic rings. The second-order valence-electron chi connectivity index (χ2n) is 6.74. The van der Waals surface area contributed by atoms with Crippen LogP contribution < -0.4 is 9.64 Å². The second kappa shape index (κ2) is 8.33. The molecule has 0 atom stereocenters. The number of nitrogens with zero attached hydrogens (tertiary/aromatic N) is 2. The van der Waals surface area contributed by atoms with Crippen molar-refractivity contribution in [2.75, 3.05) is 18.1 Å². The van der Waals surface area contributed by atoms with Crippen molar-refractivity contribution in [2.45, 2.75) is 26.2 Å². The Kier molecular flexibility index (Phi) is 5.64. The predicted octanol–water partition coefficient (Wildman–Crippen LogP) is 6.05. The molecule has 4 nitrogen and oxygen atoms in total. The molecule has 144 valence electrons. The minimum Gasteiger partial charge on any atom is -0.482 e. The Labute approximate surface area is 173 Å². The van der Waals surface area contributed by atoms with Crippen molar-refractivity contribution in [3.05, 3.63) is 52.9 Å². The SMILES string of the molecule is CCCCCN1C(=O)COc2ccc(-c3csc(-c4ccccc4Cl)n3)cc21. The van der Waals surface area contributed by atoms with Crippen LogP contribution in [0.25, 0.3) is 21.8 Å². The molecule has 1 aliphatic heterocycles. The highest BCUT2D eigenvalue weighted by atomic mass is 35.5. The Morgan fingerprint density at radius 1 is 1.21 bits per heavy atom. The number of aromatic nitrogens is 1. The third kappa shape index (κ3) is 3.77. The molecule has 2 aromatic carbocycles. The van der Waals surface area contributed by atoms with Crippen LogP contribution in [0.2, 0.25) is 5.02 Å². The van der Waals surface area contributed by atoms with Crippen LogP contribution in [0.5, 0.6) is 5.75 Å². The van der Waals surface area contributed by atoms with Gasteiger partial charge in [-0.15, -0.1) is 11.3 Å². The van der Waals surface area contributed by atoms with E-state index in [1.54, 1.807) is 11.3 Å². The van der Waals surface area contributed by atoms with Crippen LogP contribution in [0, 0.1) is 0 Å². The van der Waals surface area contributed by atoms with E-state index in [4.69, 9.17) is 21.3 Å². The van der Waals surface area contributed by atoms with Gasteiger partial charge in [0.25, 0.3) is 5.91 Å². The largest absolute Gasteiger partial charge is 0.482 e. The lowest BCUT2D eigenvalue weighted by molar-refractivity contribution is -0.121. The fraction of sp³-hybridized carbons (Fsp3) is 0.273. The summed E-state index contributed by atoms with van der Waals surface area (Å²) in [7, 11) is 0. The fourth-order valence-corrected chi connectivity index (χ4v) is 4.44. The number of thiazole rings is 1. The second-order valence-corrected chi connectivity index (χ2v) is 8.01. The minimum absolute atomic E-state index is 0.00999. The molecule has 0 spiro atoms. The number of hydrogen-bond acceptors (Lipinski definition) is 4. The van der Waals surface area contributed by atoms with Crippen molar-refractivity contribution >= 4 is 34.5 Å². The van der Waals surface area contributed by atoms with Crippen molar-refractivity contribution in [2.24, 2.45) is 0 Å². The molecule has 0 radical (unpaired) electrons. The van der Waals surface area contributed by atoms with Crippen LogP contribution in [0.3, 0.4) is 0 Å². The van der Waals surface area contributed by atoms with Gasteiger partial charge in [0.1, 0.15) is 10.8 Å². The number of carbonyl (C=O) groups is 1. The van der Waals surface area contributed by atoms with Gasteiger partial charge in [0.15, 0.2) is 6.61 Å². The highest BCUT2D eigenvalue weighted by molar-refractivity contribution is 7.13. The molecule has 4 rings (SSSR count). The van der Waals surface area contributed by atoms with Gasteiger partial charge in [-0.3, -0.25) is 4.79 Å². The van der Waals surface area contributed by atoms with Crippen LogP contribution in [0.4, 0.5) is 5.69 Å². The van der Waals surface area contributed by atoms with Gasteiger partial charge in [-0.25, -0.2) is 4.98 Å². The summed E-state index contributed by atoms with van der Waals surface area (Å²) in [6, 6.07) is 13.6. The first-order chi connectivity index (χ1) is 13.7. The van der Waals surface area contributed by atoms with E-state index in [1.165, 1.54) is 0 Å². The number of anilines is 1. The van der Waals surface area contributed by atoms with E-state index >= 15 is 0 Å². The van der Waals surface area contributed by atoms with Crippen molar-refractivity contribution in [3.8, 4) is 27.6 Å². The standard InChI is InChI=1S/C22H21ClN2O2S/c1-2-3-6-11-25-19-12-15(9-10-20(19)27-13-21(25)26)18-14-28-22(24-18)16-7-4-5-8-17(16)23/h4-5,7-10,12,14H,2-3,6,11,13H2,1H3. The Balaban J connectivity index is 1.65. The van der Waals surface area contributed by atoms with E-state index in [-0.39, 0.29) is 12.5 Å². The van der Waals surface area contributed by atoms with Gasteiger partial charge in [-0.1, -0.05) is 49.6 Å². The zero-order chi connectivity index (χ0) is 19.5. The molecule has 0 saturated carbocycles. The minimum atomic E-state index is 0.00999. The summed E-state index contributed by atoms with van der Waals surface area (Å²) < 4.78 is 5.63. The normalized spacial score (nSPS) is 13.4. The molecule has 0 N–H and O–H groups in total. The smallest absolute Gasteiger partial charge is 0.265 e. The maximum Gasteiger partial charge on any atom is 0.265 e. The highest BCUT2D eigenvalue weighted by Crippen LogP contribution is 2.38. The zero-order valence-electron chi connectivity index (χ0n) is 15.7. The zero-order valence-corrected chi connectivity index (χ0v) is 17.2. The average Bonchev–Trinajstić information content (AvgIpc) is 3.20. The summed E-state index contributed by atoms with van der Waals surface area (Å²) in [5, 5.41) is 3.59. The van der Waals surface area contributed by atoms with Gasteiger partial charge >= 0.3 is 0 Å². The molecule has 2 heterocycles. The number of halogens is 1. The number of fused-ring (bicyclic) bond motifs is 1. The van der Waals surface area contributed by atoms with E-state index < -0.39 is 0 Å². The number of unbranched alkanes of at least 4 members (excludes halogenated alkanes) is 2. The van der Waals surface area contributed by atoms with Crippen molar-refractivity contribution in [1.82, 2.24) is 4.98 Å². The fourth-order valence-electron chi connectivity index (χ4n) is 3.29. The van der Waals surface area contributed by atoms with Crippen LogP contribution in [-0.4, -0.2) is 24.0 Å². The molecule has 0 bridgehead atoms. The van der Waals surface area contributed by atoms with E-state index in [9.17, 15) is 4.79 Å². The van der Waals surface area contributed by atoms with Gasteiger partial charge in [0.2, 0.25) is 0 Å². The lowest BCUT2D eigenvalue weighted by Gasteiger charge is -2.29. The lowest BCUT2D eigenvalue weighted by atomic mass is 10.1. The summed E-state index contributed by atoms with van der Waals surface area (Å²) in [6.45, 7) is 2.98. The van der Waals surface area contributed by atoms with Crippen molar-refractivity contribution in [3.63, 3.8) is 0 Å². The van der Waals surface area contributed by atoms with E-state index in [0.29, 0.717) is 11.6 Å². The van der Waals surface area contributed by atoms with Gasteiger partial charge in [-0.2, -0.15) is 0 Å². The summed E-state index contributed by atoms with van der Waals surface area (Å²) in [5.74, 6) is 0.761. The third-order valence-electron chi connectivity index (χ3n) is 4.79. The quantitative estimate of drug-likeness (QED) is 0.463. The molecule has 0 fully saturated rings. The summed E-state index contributed by atoms with van der Waals surface area (Å²) in [5.41, 5.74) is 3.59. The molecule has 28 heavy (non-hydrogen) atoms. The number of ether oxygens (including phenoxy) is 1. The summed E-state index contributed by atoms with van der Waals surface area (Å²) in [4.78, 5) is 19.0. The Morgan fingerprint density at radius 2 is 2.07 bits per heavy atom. The van der Waals surface area contributed by atoms with E-state index in [0.717, 1.165) is 52.5 Å². The third-order valence-corrected chi connectivity index (χ3v) is 6.00. The molecule has 1 amide bonds. The van der Waals surface area contributed by atoms with E-state index in [2.05, 4.69) is 6.92 Å². The highest BCUT2D eigenvalue weighted by Gasteiger charge is 2.25. The Morgan fingerprint density at radius 3 is 2.89 bits per heavy atom. The van der Waals surface area contributed by atoms with Crippen LogP contribution in [0.1, 0.15) is 26.2 Å². The average molecular weight is 413 g/mol. The van der Waals surface area contributed by atoms with E-state index in [1.807, 2.05) is 52.7 Å². The monoisotopic (exact) mass is 412 g/mol. The summed E-state index contributed by atoms with van der Waals surface area (Å²) >= 11 is 7.87. The topological polar surface area (TPSA) is 42.4 Å². The molecule has 0 saturated heterocycles. The molecule has 0 aliphatic carbocycles. The Hall–Kier alpha value is -2.37. The number of carbonyl (C=O) groups excluding carboxylic acids is 1. The lowest BCUT2D eigenvalue weighted by Crippen LogP contribution is -2.39. The molecule has 1 aromatic heterocycles. The van der Waals surface area contributed by atoms with Crippen molar-refractivity contribution < 1.29 is 9.53 Å². The first-order valence-electron chi connectivity index (χ1n) is 9.45. The Bertz CT molecular complexity index is 1000. The number of benzene rings is 2. The molecule has 0 unspecified atom stereocenters. The molecular formula is C22H21ClN2O2S. The number of rotatable bonds is 6. The molecule has 6 heteroatoms. The van der Waals surface area contributed by atoms with Gasteiger partial charge in [0.05, 0.1) is 16.4 Å². The maximum absolute atomic E-state index is 12.4. The van der Waals surface area contributed by atoms with Crippen LogP contribution in [-0.2, 0) is 4.79 Å². The van der Waals surface area contributed by atoms with Gasteiger partial charge < -0.3 is 9.64 Å².